The minimum Gasteiger partial charge on any atom is -0.490 e. The zero-order chi connectivity index (χ0) is 13.8. The van der Waals surface area contributed by atoms with E-state index in [1.54, 1.807) is 7.05 Å². The topological polar surface area (TPSA) is 103 Å². The molecule has 0 aliphatic carbocycles. The summed E-state index contributed by atoms with van der Waals surface area (Å²) < 4.78 is 10.1. The Morgan fingerprint density at radius 2 is 2.32 bits per heavy atom. The van der Waals surface area contributed by atoms with Crippen molar-refractivity contribution in [2.24, 2.45) is 0 Å². The minimum atomic E-state index is -0.511. The fourth-order valence-electron chi connectivity index (χ4n) is 1.56. The fraction of sp³-hybridized carbons (Fsp3) is 0.273. The van der Waals surface area contributed by atoms with Gasteiger partial charge in [-0.15, -0.1) is 0 Å². The van der Waals surface area contributed by atoms with Crippen LogP contribution in [0.4, 0.5) is 5.69 Å². The van der Waals surface area contributed by atoms with Gasteiger partial charge in [-0.1, -0.05) is 5.16 Å². The van der Waals surface area contributed by atoms with Gasteiger partial charge in [-0.2, -0.15) is 4.98 Å². The van der Waals surface area contributed by atoms with Crippen LogP contribution in [-0.4, -0.2) is 29.2 Å². The molecule has 0 unspecified atom stereocenters. The van der Waals surface area contributed by atoms with Gasteiger partial charge in [-0.05, 0) is 13.1 Å². The zero-order valence-corrected chi connectivity index (χ0v) is 10.4. The van der Waals surface area contributed by atoms with E-state index in [9.17, 15) is 10.1 Å². The summed E-state index contributed by atoms with van der Waals surface area (Å²) in [6.45, 7) is 0.480. The van der Waals surface area contributed by atoms with Crippen molar-refractivity contribution >= 4 is 5.69 Å². The van der Waals surface area contributed by atoms with E-state index in [0.717, 1.165) is 0 Å². The van der Waals surface area contributed by atoms with Crippen molar-refractivity contribution in [1.82, 2.24) is 15.5 Å². The molecular formula is C11H12N4O4. The Labute approximate surface area is 108 Å². The number of benzene rings is 1. The van der Waals surface area contributed by atoms with Gasteiger partial charge in [0.25, 0.3) is 5.89 Å². The van der Waals surface area contributed by atoms with Crippen LogP contribution in [0.2, 0.25) is 0 Å². The molecule has 100 valence electrons. The van der Waals surface area contributed by atoms with E-state index in [1.807, 2.05) is 0 Å². The highest BCUT2D eigenvalue weighted by molar-refractivity contribution is 5.61. The molecule has 8 heteroatoms. The lowest BCUT2D eigenvalue weighted by Gasteiger charge is -2.02. The number of ether oxygens (including phenoxy) is 1. The lowest BCUT2D eigenvalue weighted by Crippen LogP contribution is -2.06. The summed E-state index contributed by atoms with van der Waals surface area (Å²) >= 11 is 0. The Morgan fingerprint density at radius 3 is 2.95 bits per heavy atom. The summed E-state index contributed by atoms with van der Waals surface area (Å²) in [5.74, 6) is 0.948. The SMILES string of the molecule is CNCc1noc(-c2ccc([N+](=O)[O-])c(OC)c2)n1. The summed E-state index contributed by atoms with van der Waals surface area (Å²) in [4.78, 5) is 14.4. The molecule has 2 aromatic rings. The average molecular weight is 264 g/mol. The molecule has 0 atom stereocenters. The quantitative estimate of drug-likeness (QED) is 0.642. The van der Waals surface area contributed by atoms with Crippen LogP contribution in [0.25, 0.3) is 11.5 Å². The maximum absolute atomic E-state index is 10.8. The molecule has 0 fully saturated rings. The van der Waals surface area contributed by atoms with Crippen molar-refractivity contribution in [3.63, 3.8) is 0 Å². The Bertz CT molecular complexity index is 596. The average Bonchev–Trinajstić information content (AvgIpc) is 2.87. The summed E-state index contributed by atoms with van der Waals surface area (Å²) in [6, 6.07) is 4.38. The van der Waals surface area contributed by atoms with Crippen molar-refractivity contribution in [2.45, 2.75) is 6.54 Å². The van der Waals surface area contributed by atoms with E-state index >= 15 is 0 Å². The molecule has 0 amide bonds. The number of rotatable bonds is 5. The molecule has 0 radical (unpaired) electrons. The molecule has 0 saturated heterocycles. The minimum absolute atomic E-state index is 0.110. The molecule has 2 rings (SSSR count). The number of hydrogen-bond acceptors (Lipinski definition) is 7. The highest BCUT2D eigenvalue weighted by atomic mass is 16.6. The Balaban J connectivity index is 2.36. The summed E-state index contributed by atoms with van der Waals surface area (Å²) in [5, 5.41) is 17.5. The fourth-order valence-corrected chi connectivity index (χ4v) is 1.56. The van der Waals surface area contributed by atoms with E-state index < -0.39 is 4.92 Å². The van der Waals surface area contributed by atoms with Crippen molar-refractivity contribution in [2.75, 3.05) is 14.2 Å². The van der Waals surface area contributed by atoms with Gasteiger partial charge in [0, 0.05) is 17.7 Å². The van der Waals surface area contributed by atoms with E-state index in [0.29, 0.717) is 23.8 Å². The number of nitro groups is 1. The second-order valence-electron chi connectivity index (χ2n) is 3.69. The molecule has 0 aliphatic heterocycles. The summed E-state index contributed by atoms with van der Waals surface area (Å²) in [7, 11) is 3.14. The van der Waals surface area contributed by atoms with Gasteiger partial charge in [0.05, 0.1) is 18.6 Å². The number of aromatic nitrogens is 2. The van der Waals surface area contributed by atoms with Crippen LogP contribution in [0.1, 0.15) is 5.82 Å². The molecule has 0 spiro atoms. The zero-order valence-electron chi connectivity index (χ0n) is 10.4. The highest BCUT2D eigenvalue weighted by Crippen LogP contribution is 2.31. The van der Waals surface area contributed by atoms with Gasteiger partial charge < -0.3 is 14.6 Å². The highest BCUT2D eigenvalue weighted by Gasteiger charge is 2.17. The molecule has 0 aliphatic rings. The maximum Gasteiger partial charge on any atom is 0.310 e. The van der Waals surface area contributed by atoms with Crippen molar-refractivity contribution in [1.29, 1.82) is 0 Å². The van der Waals surface area contributed by atoms with Crippen molar-refractivity contribution < 1.29 is 14.2 Å². The van der Waals surface area contributed by atoms with Gasteiger partial charge in [-0.25, -0.2) is 0 Å². The summed E-state index contributed by atoms with van der Waals surface area (Å²) in [5.41, 5.74) is 0.457. The van der Waals surface area contributed by atoms with E-state index in [-0.39, 0.29) is 11.4 Å². The molecule has 1 N–H and O–H groups in total. The third kappa shape index (κ3) is 2.68. The van der Waals surface area contributed by atoms with Gasteiger partial charge >= 0.3 is 5.69 Å². The largest absolute Gasteiger partial charge is 0.490 e. The molecule has 0 bridgehead atoms. The van der Waals surface area contributed by atoms with Gasteiger partial charge in [0.1, 0.15) is 0 Å². The summed E-state index contributed by atoms with van der Waals surface area (Å²) in [6.07, 6.45) is 0. The molecule has 1 heterocycles. The van der Waals surface area contributed by atoms with E-state index in [2.05, 4.69) is 15.5 Å². The molecular weight excluding hydrogens is 252 g/mol. The normalized spacial score (nSPS) is 10.4. The number of nitrogens with one attached hydrogen (secondary N) is 1. The van der Waals surface area contributed by atoms with E-state index in [4.69, 9.17) is 9.26 Å². The third-order valence-corrected chi connectivity index (χ3v) is 2.43. The number of methoxy groups -OCH3 is 1. The number of nitrogens with zero attached hydrogens (tertiary/aromatic N) is 3. The Kier molecular flexibility index (Phi) is 3.71. The van der Waals surface area contributed by atoms with Gasteiger partial charge in [0.15, 0.2) is 11.6 Å². The van der Waals surface area contributed by atoms with Crippen LogP contribution < -0.4 is 10.1 Å². The molecule has 0 saturated carbocycles. The Hall–Kier alpha value is -2.48. The first-order chi connectivity index (χ1) is 9.15. The van der Waals surface area contributed by atoms with Gasteiger partial charge in [0.2, 0.25) is 0 Å². The molecule has 1 aromatic heterocycles. The second-order valence-corrected chi connectivity index (χ2v) is 3.69. The molecule has 19 heavy (non-hydrogen) atoms. The van der Waals surface area contributed by atoms with E-state index in [1.165, 1.54) is 25.3 Å². The second kappa shape index (κ2) is 5.44. The van der Waals surface area contributed by atoms with Crippen molar-refractivity contribution in [3.8, 4) is 17.2 Å². The number of hydrogen-bond donors (Lipinski definition) is 1. The maximum atomic E-state index is 10.8. The monoisotopic (exact) mass is 264 g/mol. The van der Waals surface area contributed by atoms with Crippen LogP contribution >= 0.6 is 0 Å². The van der Waals surface area contributed by atoms with Crippen LogP contribution in [0.3, 0.4) is 0 Å². The predicted molar refractivity (Wildman–Crippen MR) is 65.7 cm³/mol. The first kappa shape index (κ1) is 13.0. The molecule has 8 nitrogen and oxygen atoms in total. The lowest BCUT2D eigenvalue weighted by atomic mass is 10.2. The number of nitro benzene ring substituents is 1. The standard InChI is InChI=1S/C11H12N4O4/c1-12-6-10-13-11(19-14-10)7-3-4-8(15(16)17)9(5-7)18-2/h3-5,12H,6H2,1-2H3. The smallest absolute Gasteiger partial charge is 0.310 e. The van der Waals surface area contributed by atoms with Crippen LogP contribution in [0.5, 0.6) is 5.75 Å². The van der Waals surface area contributed by atoms with Gasteiger partial charge in [-0.3, -0.25) is 10.1 Å². The Morgan fingerprint density at radius 1 is 1.53 bits per heavy atom. The third-order valence-electron chi connectivity index (χ3n) is 2.43. The van der Waals surface area contributed by atoms with Crippen molar-refractivity contribution in [3.05, 3.63) is 34.1 Å². The van der Waals surface area contributed by atoms with Crippen LogP contribution in [0, 0.1) is 10.1 Å². The van der Waals surface area contributed by atoms with Crippen LogP contribution in [0.15, 0.2) is 22.7 Å². The first-order valence-corrected chi connectivity index (χ1v) is 5.45. The first-order valence-electron chi connectivity index (χ1n) is 5.45. The molecule has 1 aromatic carbocycles. The predicted octanol–water partition coefficient (Wildman–Crippen LogP) is 1.37. The lowest BCUT2D eigenvalue weighted by molar-refractivity contribution is -0.385. The van der Waals surface area contributed by atoms with Crippen LogP contribution in [-0.2, 0) is 6.54 Å².